The molecule has 0 saturated heterocycles. The van der Waals surface area contributed by atoms with Crippen LogP contribution in [-0.2, 0) is 18.6 Å². The van der Waals surface area contributed by atoms with Gasteiger partial charge >= 0.3 is 0 Å². The minimum absolute atomic E-state index is 0. The molecule has 1 radical (unpaired) electrons. The molecule has 1 rings (SSSR count). The molecule has 37 valence electrons. The molecule has 1 nitrogen and oxygen atoms in total. The zero-order valence-corrected chi connectivity index (χ0v) is 5.41. The third kappa shape index (κ3) is 1.86. The Morgan fingerprint density at radius 3 is 2.57 bits per heavy atom. The van der Waals surface area contributed by atoms with Crippen molar-refractivity contribution in [2.75, 3.05) is 0 Å². The molecule has 1 heterocycles. The van der Waals surface area contributed by atoms with Crippen molar-refractivity contribution < 1.29 is 23.0 Å². The minimum Gasteiger partial charge on any atom is -0.599 e. The second-order valence-corrected chi connectivity index (χ2v) is 1.21. The third-order valence-corrected chi connectivity index (χ3v) is 0.606. The van der Waals surface area contributed by atoms with Crippen LogP contribution in [0.15, 0.2) is 16.7 Å². The van der Waals surface area contributed by atoms with Gasteiger partial charge in [-0.3, -0.25) is 0 Å². The van der Waals surface area contributed by atoms with E-state index >= 15 is 0 Å². The molecular formula is C5H5OV-. The summed E-state index contributed by atoms with van der Waals surface area (Å²) in [5, 5.41) is 0. The summed E-state index contributed by atoms with van der Waals surface area (Å²) >= 11 is 0. The van der Waals surface area contributed by atoms with Crippen LogP contribution in [0, 0.1) is 13.2 Å². The van der Waals surface area contributed by atoms with Gasteiger partial charge in [0.05, 0.1) is 0 Å². The van der Waals surface area contributed by atoms with Gasteiger partial charge in [-0.15, -0.1) is 5.56 Å². The van der Waals surface area contributed by atoms with Crippen LogP contribution in [0.5, 0.6) is 0 Å². The Kier molecular flexibility index (Phi) is 2.89. The van der Waals surface area contributed by atoms with Gasteiger partial charge in [0.1, 0.15) is 0 Å². The van der Waals surface area contributed by atoms with Crippen LogP contribution < -0.4 is 0 Å². The summed E-state index contributed by atoms with van der Waals surface area (Å²) < 4.78 is 4.59. The second kappa shape index (κ2) is 2.94. The van der Waals surface area contributed by atoms with Gasteiger partial charge in [0.2, 0.25) is 0 Å². The fourth-order valence-electron chi connectivity index (χ4n) is 0.297. The average Bonchev–Trinajstić information content (AvgIpc) is 1.86. The first-order chi connectivity index (χ1) is 2.89. The molecule has 0 spiro atoms. The normalized spacial score (nSPS) is 7.57. The number of rotatable bonds is 0. The molecule has 2 heteroatoms. The second-order valence-electron chi connectivity index (χ2n) is 1.21. The molecule has 0 aliphatic rings. The molecule has 0 aliphatic heterocycles. The van der Waals surface area contributed by atoms with Crippen LogP contribution >= 0.6 is 0 Å². The summed E-state index contributed by atoms with van der Waals surface area (Å²) in [4.78, 5) is 0. The van der Waals surface area contributed by atoms with E-state index in [1.54, 1.807) is 6.26 Å². The first kappa shape index (κ1) is 6.86. The van der Waals surface area contributed by atoms with Crippen molar-refractivity contribution >= 4 is 0 Å². The Balaban J connectivity index is 0.000000360. The predicted molar refractivity (Wildman–Crippen MR) is 22.3 cm³/mol. The maximum absolute atomic E-state index is 4.59. The molecule has 0 aromatic carbocycles. The van der Waals surface area contributed by atoms with Gasteiger partial charge in [-0.1, -0.05) is 13.2 Å². The van der Waals surface area contributed by atoms with Crippen LogP contribution in [-0.4, -0.2) is 0 Å². The van der Waals surface area contributed by atoms with Crippen LogP contribution in [0.1, 0.15) is 5.56 Å². The van der Waals surface area contributed by atoms with Crippen molar-refractivity contribution in [3.05, 3.63) is 24.2 Å². The van der Waals surface area contributed by atoms with Crippen LogP contribution in [0.2, 0.25) is 0 Å². The van der Waals surface area contributed by atoms with Gasteiger partial charge in [-0.05, 0) is 6.26 Å². The largest absolute Gasteiger partial charge is 0.599 e. The fraction of sp³-hybridized carbons (Fsp3) is 0.200. The molecule has 1 aromatic heterocycles. The van der Waals surface area contributed by atoms with Gasteiger partial charge in [-0.2, -0.15) is 6.07 Å². The summed E-state index contributed by atoms with van der Waals surface area (Å²) in [6.07, 6.45) is 4.23. The van der Waals surface area contributed by atoms with E-state index in [9.17, 15) is 0 Å². The first-order valence-electron chi connectivity index (χ1n) is 1.81. The summed E-state index contributed by atoms with van der Waals surface area (Å²) in [7, 11) is 0. The van der Waals surface area contributed by atoms with Gasteiger partial charge in [0.25, 0.3) is 0 Å². The zero-order valence-electron chi connectivity index (χ0n) is 4.01. The fourth-order valence-corrected chi connectivity index (χ4v) is 0.297. The van der Waals surface area contributed by atoms with E-state index in [0.717, 1.165) is 5.56 Å². The molecule has 0 N–H and O–H groups in total. The van der Waals surface area contributed by atoms with Crippen molar-refractivity contribution in [3.63, 3.8) is 0 Å². The summed E-state index contributed by atoms with van der Waals surface area (Å²) in [6.45, 7) is 1.93. The molecule has 0 unspecified atom stereocenters. The Morgan fingerprint density at radius 2 is 2.43 bits per heavy atom. The van der Waals surface area contributed by atoms with E-state index in [1.165, 1.54) is 0 Å². The number of aryl methyl sites for hydroxylation is 1. The Morgan fingerprint density at radius 1 is 1.71 bits per heavy atom. The smallest absolute Gasteiger partial charge is 0 e. The van der Waals surface area contributed by atoms with Gasteiger partial charge in [-0.25, -0.2) is 0 Å². The minimum atomic E-state index is 0. The van der Waals surface area contributed by atoms with Crippen LogP contribution in [0.4, 0.5) is 0 Å². The van der Waals surface area contributed by atoms with Crippen molar-refractivity contribution in [1.82, 2.24) is 0 Å². The Bertz CT molecular complexity index is 112. The first-order valence-corrected chi connectivity index (χ1v) is 1.81. The van der Waals surface area contributed by atoms with Crippen molar-refractivity contribution in [3.8, 4) is 0 Å². The van der Waals surface area contributed by atoms with Crippen LogP contribution in [0.3, 0.4) is 0 Å². The summed E-state index contributed by atoms with van der Waals surface area (Å²) in [5.74, 6) is 0. The SMILES string of the molecule is Cc1[c-]occ1.[V]. The standard InChI is InChI=1S/C5H5O.V/c1-5-2-3-6-4-5;/h2-3H,1H3;/q-1;. The van der Waals surface area contributed by atoms with Crippen molar-refractivity contribution in [1.29, 1.82) is 0 Å². The number of hydrogen-bond donors (Lipinski definition) is 0. The molecule has 0 saturated carbocycles. The van der Waals surface area contributed by atoms with Crippen LogP contribution in [0.25, 0.3) is 0 Å². The average molecular weight is 132 g/mol. The van der Waals surface area contributed by atoms with E-state index in [0.29, 0.717) is 0 Å². The van der Waals surface area contributed by atoms with E-state index in [1.807, 2.05) is 13.0 Å². The number of furan rings is 1. The van der Waals surface area contributed by atoms with Gasteiger partial charge in [0.15, 0.2) is 0 Å². The van der Waals surface area contributed by atoms with E-state index in [4.69, 9.17) is 0 Å². The number of hydrogen-bond acceptors (Lipinski definition) is 1. The molecule has 0 atom stereocenters. The van der Waals surface area contributed by atoms with Crippen molar-refractivity contribution in [2.45, 2.75) is 6.92 Å². The maximum Gasteiger partial charge on any atom is 0 e. The summed E-state index contributed by atoms with van der Waals surface area (Å²) in [6, 6.07) is 1.86. The third-order valence-electron chi connectivity index (χ3n) is 0.606. The molecule has 1 aromatic rings. The zero-order chi connectivity index (χ0) is 4.41. The summed E-state index contributed by atoms with van der Waals surface area (Å²) in [5.41, 5.74) is 1.05. The van der Waals surface area contributed by atoms with E-state index < -0.39 is 0 Å². The Labute approximate surface area is 54.6 Å². The predicted octanol–water partition coefficient (Wildman–Crippen LogP) is 1.39. The molecule has 0 amide bonds. The quantitative estimate of drug-likeness (QED) is 0.486. The Hall–Kier alpha value is -0.136. The molecule has 0 aliphatic carbocycles. The maximum atomic E-state index is 4.59. The van der Waals surface area contributed by atoms with Gasteiger partial charge < -0.3 is 4.42 Å². The van der Waals surface area contributed by atoms with E-state index in [-0.39, 0.29) is 18.6 Å². The van der Waals surface area contributed by atoms with Crippen molar-refractivity contribution in [2.24, 2.45) is 0 Å². The topological polar surface area (TPSA) is 13.1 Å². The van der Waals surface area contributed by atoms with Gasteiger partial charge in [0, 0.05) is 18.6 Å². The molecule has 0 fully saturated rings. The van der Waals surface area contributed by atoms with E-state index in [2.05, 4.69) is 10.7 Å². The monoisotopic (exact) mass is 132 g/mol. The molecule has 7 heavy (non-hydrogen) atoms. The molecular weight excluding hydrogens is 127 g/mol. The molecule has 0 bridgehead atoms.